The average Bonchev–Trinajstić information content (AvgIpc) is 3.38. The first-order valence-corrected chi connectivity index (χ1v) is 12.4. The van der Waals surface area contributed by atoms with Crippen molar-refractivity contribution in [1.29, 1.82) is 0 Å². The molecule has 0 saturated carbocycles. The third kappa shape index (κ3) is 4.39. The quantitative estimate of drug-likeness (QED) is 0.252. The lowest BCUT2D eigenvalue weighted by atomic mass is 9.99. The number of nitrogens with zero attached hydrogens (tertiary/aromatic N) is 3. The number of rotatable bonds is 5. The maximum Gasteiger partial charge on any atom is 0.355 e. The molecule has 9 heteroatoms. The van der Waals surface area contributed by atoms with Crippen LogP contribution in [-0.4, -0.2) is 26.8 Å². The fourth-order valence-corrected chi connectivity index (χ4v) is 5.82. The van der Waals surface area contributed by atoms with Gasteiger partial charge in [0, 0.05) is 17.2 Å². The van der Waals surface area contributed by atoms with Crippen molar-refractivity contribution in [2.75, 3.05) is 5.43 Å². The van der Waals surface area contributed by atoms with Gasteiger partial charge in [-0.2, -0.15) is 5.10 Å². The number of aromatic nitrogens is 2. The maximum atomic E-state index is 11.6. The molecule has 0 fully saturated rings. The minimum absolute atomic E-state index is 0.0336. The van der Waals surface area contributed by atoms with Crippen LogP contribution in [0.4, 0.5) is 5.13 Å². The first kappa shape index (κ1) is 21.7. The van der Waals surface area contributed by atoms with E-state index in [1.165, 1.54) is 16.9 Å². The van der Waals surface area contributed by atoms with Crippen LogP contribution in [-0.2, 0) is 6.42 Å². The Balaban J connectivity index is 1.51. The van der Waals surface area contributed by atoms with Crippen LogP contribution in [0.3, 0.4) is 0 Å². The number of anilines is 1. The standard InChI is InChI=1S/C24H23N5O2S2/c1-13(25)21-20(23(30)31)27-22(33-21)15-11-10-14-6-2-3-7-17(16(14)12-15)28-29-24-26-18-8-4-5-9-19(18)32-24/h4-5,8-13H,2-3,6-7,25H2,1H3,(H,26,29)(H,30,31)/b28-17+. The number of fused-ring (bicyclic) bond motifs is 2. The number of carbonyl (C=O) groups is 1. The van der Waals surface area contributed by atoms with Crippen molar-refractivity contribution < 1.29 is 9.90 Å². The molecule has 4 N–H and O–H groups in total. The zero-order valence-corrected chi connectivity index (χ0v) is 19.7. The van der Waals surface area contributed by atoms with Crippen molar-refractivity contribution >= 4 is 49.7 Å². The first-order valence-electron chi connectivity index (χ1n) is 10.8. The summed E-state index contributed by atoms with van der Waals surface area (Å²) in [5, 5.41) is 15.7. The lowest BCUT2D eigenvalue weighted by Crippen LogP contribution is -2.09. The molecule has 0 saturated heterocycles. The van der Waals surface area contributed by atoms with Gasteiger partial charge in [-0.1, -0.05) is 35.6 Å². The van der Waals surface area contributed by atoms with E-state index < -0.39 is 12.0 Å². The Morgan fingerprint density at radius 1 is 1.15 bits per heavy atom. The van der Waals surface area contributed by atoms with Crippen LogP contribution in [0.1, 0.15) is 58.7 Å². The number of aryl methyl sites for hydroxylation is 1. The molecule has 7 nitrogen and oxygen atoms in total. The molecule has 0 amide bonds. The summed E-state index contributed by atoms with van der Waals surface area (Å²) in [5.41, 5.74) is 14.3. The van der Waals surface area contributed by atoms with Gasteiger partial charge in [-0.25, -0.2) is 14.8 Å². The maximum absolute atomic E-state index is 11.6. The largest absolute Gasteiger partial charge is 0.476 e. The van der Waals surface area contributed by atoms with Crippen molar-refractivity contribution in [3.05, 3.63) is 64.2 Å². The zero-order chi connectivity index (χ0) is 22.9. The second-order valence-corrected chi connectivity index (χ2v) is 10.1. The number of aromatic carboxylic acids is 1. The van der Waals surface area contributed by atoms with Gasteiger partial charge in [-0.3, -0.25) is 5.43 Å². The summed E-state index contributed by atoms with van der Waals surface area (Å²) >= 11 is 2.91. The predicted molar refractivity (Wildman–Crippen MR) is 134 cm³/mol. The third-order valence-corrected chi connectivity index (χ3v) is 7.87. The molecule has 4 aromatic rings. The van der Waals surface area contributed by atoms with Gasteiger partial charge in [0.25, 0.3) is 0 Å². The predicted octanol–water partition coefficient (Wildman–Crippen LogP) is 5.68. The van der Waals surface area contributed by atoms with Crippen molar-refractivity contribution in [1.82, 2.24) is 9.97 Å². The van der Waals surface area contributed by atoms with Crippen LogP contribution in [0.25, 0.3) is 20.8 Å². The van der Waals surface area contributed by atoms with E-state index in [0.29, 0.717) is 9.88 Å². The van der Waals surface area contributed by atoms with Gasteiger partial charge in [0.05, 0.1) is 20.8 Å². The number of carboxylic acid groups (broad SMARTS) is 1. The van der Waals surface area contributed by atoms with Crippen molar-refractivity contribution in [3.63, 3.8) is 0 Å². The van der Waals surface area contributed by atoms with Gasteiger partial charge in [-0.15, -0.1) is 11.3 Å². The minimum Gasteiger partial charge on any atom is -0.476 e. The van der Waals surface area contributed by atoms with E-state index in [9.17, 15) is 9.90 Å². The fourth-order valence-electron chi connectivity index (χ4n) is 4.01. The fraction of sp³-hybridized carbons (Fsp3) is 0.250. The van der Waals surface area contributed by atoms with Gasteiger partial charge < -0.3 is 10.8 Å². The summed E-state index contributed by atoms with van der Waals surface area (Å²) in [7, 11) is 0. The molecule has 1 unspecified atom stereocenters. The molecule has 1 aliphatic rings. The molecule has 5 rings (SSSR count). The molecule has 0 bridgehead atoms. The number of hydrogen-bond acceptors (Lipinski definition) is 8. The number of carboxylic acids is 1. The van der Waals surface area contributed by atoms with Gasteiger partial charge in [0.2, 0.25) is 5.13 Å². The minimum atomic E-state index is -1.05. The second kappa shape index (κ2) is 9.01. The molecule has 0 radical (unpaired) electrons. The SMILES string of the molecule is CC(N)c1sc(-c2ccc3c(c2)/C(=N/Nc2nc4ccccc4s2)CCCC3)nc1C(=O)O. The van der Waals surface area contributed by atoms with Gasteiger partial charge >= 0.3 is 5.97 Å². The Morgan fingerprint density at radius 3 is 2.73 bits per heavy atom. The number of nitrogens with one attached hydrogen (secondary N) is 1. The van der Waals surface area contributed by atoms with Crippen LogP contribution in [0.15, 0.2) is 47.6 Å². The summed E-state index contributed by atoms with van der Waals surface area (Å²) in [6.45, 7) is 1.78. The van der Waals surface area contributed by atoms with Crippen LogP contribution in [0, 0.1) is 0 Å². The highest BCUT2D eigenvalue weighted by Crippen LogP contribution is 2.34. The topological polar surface area (TPSA) is 113 Å². The molecule has 0 aliphatic heterocycles. The highest BCUT2D eigenvalue weighted by atomic mass is 32.1. The van der Waals surface area contributed by atoms with Crippen molar-refractivity contribution in [3.8, 4) is 10.6 Å². The smallest absolute Gasteiger partial charge is 0.355 e. The number of para-hydroxylation sites is 1. The van der Waals surface area contributed by atoms with Crippen LogP contribution < -0.4 is 11.2 Å². The first-order chi connectivity index (χ1) is 16.0. The van der Waals surface area contributed by atoms with Gasteiger partial charge in [0.15, 0.2) is 5.69 Å². The molecule has 1 aliphatic carbocycles. The molecule has 168 valence electrons. The monoisotopic (exact) mass is 477 g/mol. The Morgan fingerprint density at radius 2 is 1.97 bits per heavy atom. The van der Waals surface area contributed by atoms with E-state index in [4.69, 9.17) is 10.8 Å². The van der Waals surface area contributed by atoms with Crippen LogP contribution in [0.5, 0.6) is 0 Å². The highest BCUT2D eigenvalue weighted by Gasteiger charge is 2.22. The molecule has 2 heterocycles. The van der Waals surface area contributed by atoms with Crippen LogP contribution >= 0.6 is 22.7 Å². The van der Waals surface area contributed by atoms with Gasteiger partial charge in [0.1, 0.15) is 5.01 Å². The lowest BCUT2D eigenvalue weighted by Gasteiger charge is -2.10. The van der Waals surface area contributed by atoms with E-state index in [-0.39, 0.29) is 5.69 Å². The van der Waals surface area contributed by atoms with E-state index in [1.54, 1.807) is 18.3 Å². The van der Waals surface area contributed by atoms with E-state index in [0.717, 1.165) is 57.9 Å². The molecule has 2 aromatic carbocycles. The Bertz CT molecular complexity index is 1340. The number of hydrogen-bond donors (Lipinski definition) is 3. The van der Waals surface area contributed by atoms with Gasteiger partial charge in [-0.05, 0) is 56.4 Å². The van der Waals surface area contributed by atoms with E-state index >= 15 is 0 Å². The van der Waals surface area contributed by atoms with Crippen LogP contribution in [0.2, 0.25) is 0 Å². The molecule has 2 aromatic heterocycles. The lowest BCUT2D eigenvalue weighted by molar-refractivity contribution is 0.0690. The van der Waals surface area contributed by atoms with Crippen molar-refractivity contribution in [2.24, 2.45) is 10.8 Å². The molecule has 1 atom stereocenters. The Labute approximate surface area is 199 Å². The average molecular weight is 478 g/mol. The molecular formula is C24H23N5O2S2. The number of hydrazone groups is 1. The second-order valence-electron chi connectivity index (χ2n) is 8.06. The van der Waals surface area contributed by atoms with Crippen molar-refractivity contribution in [2.45, 2.75) is 38.6 Å². The van der Waals surface area contributed by atoms with E-state index in [2.05, 4.69) is 33.6 Å². The normalized spacial score (nSPS) is 15.9. The molecular weight excluding hydrogens is 454 g/mol. The molecule has 33 heavy (non-hydrogen) atoms. The Kier molecular flexibility index (Phi) is 5.92. The van der Waals surface area contributed by atoms with E-state index in [1.807, 2.05) is 24.3 Å². The summed E-state index contributed by atoms with van der Waals surface area (Å²) in [5.74, 6) is -1.05. The summed E-state index contributed by atoms with van der Waals surface area (Å²) in [4.78, 5) is 21.2. The number of nitrogens with two attached hydrogens (primary N) is 1. The highest BCUT2D eigenvalue weighted by molar-refractivity contribution is 7.22. The molecule has 0 spiro atoms. The number of benzene rings is 2. The summed E-state index contributed by atoms with van der Waals surface area (Å²) < 4.78 is 1.12. The summed E-state index contributed by atoms with van der Waals surface area (Å²) in [6.07, 6.45) is 4.00. The summed E-state index contributed by atoms with van der Waals surface area (Å²) in [6, 6.07) is 13.8. The number of thiazole rings is 2. The third-order valence-electron chi connectivity index (χ3n) is 5.63. The zero-order valence-electron chi connectivity index (χ0n) is 18.0. The Hall–Kier alpha value is -3.14.